The zero-order valence-corrected chi connectivity index (χ0v) is 9.57. The molecule has 52 valence electrons. The van der Waals surface area contributed by atoms with E-state index >= 15 is 0 Å². The van der Waals surface area contributed by atoms with Crippen molar-refractivity contribution >= 4 is 41.9 Å². The van der Waals surface area contributed by atoms with E-state index in [4.69, 9.17) is 0 Å². The molecule has 0 aliphatic heterocycles. The van der Waals surface area contributed by atoms with Gasteiger partial charge in [-0.2, -0.15) is 0 Å². The van der Waals surface area contributed by atoms with E-state index in [2.05, 4.69) is 40.7 Å². The predicted molar refractivity (Wildman–Crippen MR) is 45.3 cm³/mol. The number of hydrogen-bond acceptors (Lipinski definition) is 2. The Bertz CT molecular complexity index is 29.2. The number of halogens is 2. The van der Waals surface area contributed by atoms with Gasteiger partial charge in [0.1, 0.15) is 0 Å². The smallest absolute Gasteiger partial charge is 0.303 e. The van der Waals surface area contributed by atoms with Gasteiger partial charge < -0.3 is 8.85 Å². The van der Waals surface area contributed by atoms with Gasteiger partial charge in [0.05, 0.1) is 4.24 Å². The maximum Gasteiger partial charge on any atom is 0.303 e. The lowest BCUT2D eigenvalue weighted by Crippen LogP contribution is -1.93. The molecule has 0 saturated heterocycles. The van der Waals surface area contributed by atoms with E-state index in [9.17, 15) is 0 Å². The van der Waals surface area contributed by atoms with Crippen LogP contribution in [0.25, 0.3) is 0 Å². The Morgan fingerprint density at radius 1 is 1.25 bits per heavy atom. The van der Waals surface area contributed by atoms with Crippen LogP contribution in [0.2, 0.25) is 0 Å². The van der Waals surface area contributed by atoms with Crippen LogP contribution in [0.4, 0.5) is 0 Å². The molecule has 0 aromatic heterocycles. The molecule has 0 N–H and O–H groups in total. The highest BCUT2D eigenvalue weighted by Gasteiger charge is 1.67. The molecule has 0 saturated carbocycles. The largest absolute Gasteiger partial charge is 0.402 e. The highest BCUT2D eigenvalue weighted by Crippen LogP contribution is 1.83. The molecule has 0 unspecified atom stereocenters. The summed E-state index contributed by atoms with van der Waals surface area (Å²) < 4.78 is 10.1. The molecule has 0 aliphatic rings. The third-order valence-corrected chi connectivity index (χ3v) is 0.707. The summed E-state index contributed by atoms with van der Waals surface area (Å²) in [7, 11) is 2.73. The Kier molecular flexibility index (Phi) is 23.2. The Labute approximate surface area is 69.3 Å². The van der Waals surface area contributed by atoms with Crippen molar-refractivity contribution in [3.05, 3.63) is 0 Å². The lowest BCUT2D eigenvalue weighted by Gasteiger charge is -1.86. The van der Waals surface area contributed by atoms with Gasteiger partial charge in [-0.05, 0) is 0 Å². The SMILES string of the molecule is BrCBr.CO[SiH2]OC. The van der Waals surface area contributed by atoms with Gasteiger partial charge in [0.25, 0.3) is 0 Å². The van der Waals surface area contributed by atoms with Gasteiger partial charge in [-0.3, -0.25) is 0 Å². The first-order chi connectivity index (χ1) is 3.83. The maximum atomic E-state index is 4.61. The molecule has 0 heterocycles. The monoisotopic (exact) mass is 264 g/mol. The summed E-state index contributed by atoms with van der Waals surface area (Å²) in [5.74, 6) is 0. The summed E-state index contributed by atoms with van der Waals surface area (Å²) in [6, 6.07) is 0. The Balaban J connectivity index is 0. The average molecular weight is 266 g/mol. The number of rotatable bonds is 2. The van der Waals surface area contributed by atoms with Crippen LogP contribution in [0, 0.1) is 0 Å². The summed E-state index contributed by atoms with van der Waals surface area (Å²) in [6.07, 6.45) is 0. The first kappa shape index (κ1) is 11.8. The van der Waals surface area contributed by atoms with Crippen molar-refractivity contribution in [1.82, 2.24) is 0 Å². The van der Waals surface area contributed by atoms with E-state index in [1.165, 1.54) is 0 Å². The van der Waals surface area contributed by atoms with E-state index in [0.29, 0.717) is 0 Å². The topological polar surface area (TPSA) is 18.5 Å². The van der Waals surface area contributed by atoms with Gasteiger partial charge in [0, 0.05) is 14.2 Å². The van der Waals surface area contributed by atoms with Crippen molar-refractivity contribution in [3.63, 3.8) is 0 Å². The van der Waals surface area contributed by atoms with Crippen molar-refractivity contribution in [2.24, 2.45) is 0 Å². The van der Waals surface area contributed by atoms with Crippen molar-refractivity contribution in [3.8, 4) is 0 Å². The second-order valence-electron chi connectivity index (χ2n) is 0.796. The second kappa shape index (κ2) is 15.7. The molecule has 0 aromatic carbocycles. The fourth-order valence-corrected chi connectivity index (χ4v) is 0.354. The van der Waals surface area contributed by atoms with Crippen LogP contribution < -0.4 is 0 Å². The third kappa shape index (κ3) is 27.5. The summed E-state index contributed by atoms with van der Waals surface area (Å²) in [4.78, 5) is 0. The highest BCUT2D eigenvalue weighted by molar-refractivity contribution is 9.24. The summed E-state index contributed by atoms with van der Waals surface area (Å²) in [5, 5.41) is 0. The molecular weight excluding hydrogens is 256 g/mol. The van der Waals surface area contributed by atoms with Crippen LogP contribution in [-0.2, 0) is 8.85 Å². The van der Waals surface area contributed by atoms with Gasteiger partial charge in [-0.1, -0.05) is 31.9 Å². The average Bonchev–Trinajstić information content (AvgIpc) is 1.71. The molecule has 0 fully saturated rings. The fraction of sp³-hybridized carbons (Fsp3) is 1.00. The molecule has 2 nitrogen and oxygen atoms in total. The van der Waals surface area contributed by atoms with E-state index < -0.39 is 10.0 Å². The normalized spacial score (nSPS) is 7.50. The van der Waals surface area contributed by atoms with Crippen LogP contribution in [0.15, 0.2) is 0 Å². The van der Waals surface area contributed by atoms with Gasteiger partial charge in [0.2, 0.25) is 0 Å². The minimum atomic E-state index is -0.568. The van der Waals surface area contributed by atoms with Crippen LogP contribution in [0.3, 0.4) is 0 Å². The third-order valence-electron chi connectivity index (χ3n) is 0.236. The summed E-state index contributed by atoms with van der Waals surface area (Å²) in [5.41, 5.74) is 0. The molecular formula is C3H10Br2O2Si. The minimum absolute atomic E-state index is 0.568. The molecule has 0 rings (SSSR count). The predicted octanol–water partition coefficient (Wildman–Crippen LogP) is 1.01. The molecule has 8 heavy (non-hydrogen) atoms. The quantitative estimate of drug-likeness (QED) is 0.548. The van der Waals surface area contributed by atoms with Crippen LogP contribution in [0.1, 0.15) is 0 Å². The molecule has 5 heteroatoms. The molecule has 0 aromatic rings. The lowest BCUT2D eigenvalue weighted by molar-refractivity contribution is 0.309. The van der Waals surface area contributed by atoms with Crippen LogP contribution in [-0.4, -0.2) is 28.5 Å². The van der Waals surface area contributed by atoms with Gasteiger partial charge in [-0.25, -0.2) is 0 Å². The Hall–Kier alpha value is 1.10. The van der Waals surface area contributed by atoms with Gasteiger partial charge in [0.15, 0.2) is 0 Å². The molecule has 0 atom stereocenters. The Morgan fingerprint density at radius 2 is 1.50 bits per heavy atom. The van der Waals surface area contributed by atoms with Crippen LogP contribution >= 0.6 is 31.9 Å². The zero-order valence-electron chi connectivity index (χ0n) is 4.99. The van der Waals surface area contributed by atoms with E-state index in [1.54, 1.807) is 14.2 Å². The second-order valence-corrected chi connectivity index (χ2v) is 4.81. The Morgan fingerprint density at radius 3 is 1.50 bits per heavy atom. The number of hydrogen-bond donors (Lipinski definition) is 0. The van der Waals surface area contributed by atoms with Gasteiger partial charge >= 0.3 is 10.0 Å². The van der Waals surface area contributed by atoms with Crippen molar-refractivity contribution in [2.45, 2.75) is 0 Å². The molecule has 0 aliphatic carbocycles. The van der Waals surface area contributed by atoms with Crippen LogP contribution in [0.5, 0.6) is 0 Å². The fourth-order valence-electron chi connectivity index (χ4n) is 0.118. The molecule has 0 spiro atoms. The number of alkyl halides is 2. The first-order valence-corrected chi connectivity index (χ1v) is 5.33. The van der Waals surface area contributed by atoms with Gasteiger partial charge in [-0.15, -0.1) is 0 Å². The standard InChI is InChI=1S/C2H8O2Si.CH2Br2/c1-3-5-4-2;2-1-3/h5H2,1-2H3;1H2. The van der Waals surface area contributed by atoms with E-state index in [0.717, 1.165) is 4.24 Å². The molecule has 0 radical (unpaired) electrons. The summed E-state index contributed by atoms with van der Waals surface area (Å²) >= 11 is 6.12. The van der Waals surface area contributed by atoms with Crippen molar-refractivity contribution in [2.75, 3.05) is 18.5 Å². The van der Waals surface area contributed by atoms with Crippen molar-refractivity contribution < 1.29 is 8.85 Å². The van der Waals surface area contributed by atoms with Crippen molar-refractivity contribution in [1.29, 1.82) is 0 Å². The van der Waals surface area contributed by atoms with E-state index in [-0.39, 0.29) is 0 Å². The summed E-state index contributed by atoms with van der Waals surface area (Å²) in [6.45, 7) is 0. The molecule has 0 amide bonds. The zero-order chi connectivity index (χ0) is 6.83. The first-order valence-electron chi connectivity index (χ1n) is 1.93. The minimum Gasteiger partial charge on any atom is -0.402 e. The lowest BCUT2D eigenvalue weighted by atomic mass is 11.8. The highest BCUT2D eigenvalue weighted by atomic mass is 79.9. The molecule has 0 bridgehead atoms. The van der Waals surface area contributed by atoms with E-state index in [1.807, 2.05) is 0 Å². The maximum absolute atomic E-state index is 4.61.